The van der Waals surface area contributed by atoms with Gasteiger partial charge in [-0.05, 0) is 0 Å². The fraction of sp³-hybridized carbons (Fsp3) is 1.00. The Balaban J connectivity index is 0. The smallest absolute Gasteiger partial charge is 0.743 e. The van der Waals surface area contributed by atoms with Crippen LogP contribution in [0.3, 0.4) is 0 Å². The van der Waals surface area contributed by atoms with E-state index in [-0.39, 0.29) is 51.4 Å². The van der Waals surface area contributed by atoms with Crippen LogP contribution < -0.4 is 51.4 Å². The number of hydrogen-bond acceptors (Lipinski definition) is 5. The van der Waals surface area contributed by atoms with E-state index >= 15 is 0 Å². The SMILES string of the molecule is O=S(=O)([O-])C(F)(F)C(F)(F)OC(F)(C(F)(F)F)C(F)(F)OC(F)C(F)(F)F.[K+]. The van der Waals surface area contributed by atoms with Gasteiger partial charge in [-0.1, -0.05) is 0 Å². The van der Waals surface area contributed by atoms with Crippen LogP contribution >= 0.6 is 0 Å². The molecule has 164 valence electrons. The van der Waals surface area contributed by atoms with Gasteiger partial charge in [-0.2, -0.15) is 57.1 Å². The summed E-state index contributed by atoms with van der Waals surface area (Å²) in [4.78, 5) is 0. The molecule has 0 saturated heterocycles. The van der Waals surface area contributed by atoms with Crippen LogP contribution in [0.1, 0.15) is 0 Å². The molecule has 0 aromatic heterocycles. The van der Waals surface area contributed by atoms with Gasteiger partial charge in [0, 0.05) is 0 Å². The molecule has 0 aromatic rings. The first-order valence-corrected chi connectivity index (χ1v) is 6.67. The van der Waals surface area contributed by atoms with Crippen LogP contribution in [0.2, 0.25) is 0 Å². The second kappa shape index (κ2) is 8.55. The summed E-state index contributed by atoms with van der Waals surface area (Å²) in [7, 11) is -7.70. The molecule has 0 N–H and O–H groups in total. The molecule has 0 spiro atoms. The Kier molecular flexibility index (Phi) is 9.37. The third kappa shape index (κ3) is 6.01. The van der Waals surface area contributed by atoms with Crippen molar-refractivity contribution in [1.29, 1.82) is 0 Å². The Bertz CT molecular complexity index is 643. The van der Waals surface area contributed by atoms with Crippen LogP contribution in [0.15, 0.2) is 0 Å². The number of hydrogen-bond donors (Lipinski definition) is 0. The summed E-state index contributed by atoms with van der Waals surface area (Å²) in [6, 6.07) is 0. The molecule has 0 aliphatic carbocycles. The third-order valence-corrected chi connectivity index (χ3v) is 3.04. The first-order valence-electron chi connectivity index (χ1n) is 5.27. The zero-order valence-electron chi connectivity index (χ0n) is 12.3. The molecule has 0 amide bonds. The zero-order valence-corrected chi connectivity index (χ0v) is 16.3. The van der Waals surface area contributed by atoms with E-state index in [0.29, 0.717) is 0 Å². The predicted octanol–water partition coefficient (Wildman–Crippen LogP) is 0.433. The molecule has 5 nitrogen and oxygen atoms in total. The van der Waals surface area contributed by atoms with E-state index in [9.17, 15) is 74.4 Å². The minimum atomic E-state index is -7.70. The largest absolute Gasteiger partial charge is 1.00 e. The van der Waals surface area contributed by atoms with Crippen LogP contribution in [0.5, 0.6) is 0 Å². The van der Waals surface area contributed by atoms with E-state index in [2.05, 4.69) is 0 Å². The Hall–Kier alpha value is 0.486. The first-order chi connectivity index (χ1) is 11.3. The Morgan fingerprint density at radius 3 is 1.36 bits per heavy atom. The summed E-state index contributed by atoms with van der Waals surface area (Å²) in [5.74, 6) is -7.69. The molecule has 0 radical (unpaired) electrons. The molecular weight excluding hydrogens is 501 g/mol. The van der Waals surface area contributed by atoms with Crippen LogP contribution in [0.25, 0.3) is 0 Å². The molecule has 0 saturated carbocycles. The van der Waals surface area contributed by atoms with Crippen LogP contribution in [-0.2, 0) is 19.6 Å². The van der Waals surface area contributed by atoms with Crippen molar-refractivity contribution in [2.75, 3.05) is 0 Å². The van der Waals surface area contributed by atoms with Gasteiger partial charge in [0.2, 0.25) is 0 Å². The molecule has 0 aliphatic heterocycles. The fourth-order valence-corrected chi connectivity index (χ4v) is 1.27. The van der Waals surface area contributed by atoms with E-state index in [1.165, 1.54) is 4.74 Å². The summed E-state index contributed by atoms with van der Waals surface area (Å²) >= 11 is 0. The van der Waals surface area contributed by atoms with E-state index in [0.717, 1.165) is 0 Å². The Morgan fingerprint density at radius 1 is 0.750 bits per heavy atom. The van der Waals surface area contributed by atoms with Gasteiger partial charge in [-0.25, -0.2) is 12.8 Å². The maximum absolute atomic E-state index is 13.4. The molecule has 21 heteroatoms. The average molecular weight is 502 g/mol. The number of alkyl halides is 14. The average Bonchev–Trinajstić information content (AvgIpc) is 2.33. The van der Waals surface area contributed by atoms with Crippen molar-refractivity contribution in [2.24, 2.45) is 0 Å². The summed E-state index contributed by atoms with van der Waals surface area (Å²) in [5.41, 5.74) is 0. The van der Waals surface area contributed by atoms with E-state index in [1.807, 2.05) is 0 Å². The van der Waals surface area contributed by atoms with Crippen molar-refractivity contribution in [3.63, 3.8) is 0 Å². The molecule has 0 fully saturated rings. The van der Waals surface area contributed by atoms with E-state index in [4.69, 9.17) is 0 Å². The first kappa shape index (κ1) is 30.7. The second-order valence-corrected chi connectivity index (χ2v) is 5.60. The minimum Gasteiger partial charge on any atom is -0.743 e. The maximum Gasteiger partial charge on any atom is 1.00 e. The molecule has 0 bridgehead atoms. The third-order valence-electron chi connectivity index (χ3n) is 2.17. The van der Waals surface area contributed by atoms with Gasteiger partial charge in [0.1, 0.15) is 0 Å². The van der Waals surface area contributed by atoms with Crippen molar-refractivity contribution in [2.45, 2.75) is 42.0 Å². The van der Waals surface area contributed by atoms with Gasteiger partial charge in [-0.15, -0.1) is 0 Å². The normalized spacial score (nSPS) is 18.2. The molecule has 2 unspecified atom stereocenters. The summed E-state index contributed by atoms with van der Waals surface area (Å²) < 4.78 is 207. The quantitative estimate of drug-likeness (QED) is 0.287. The number of ether oxygens (including phenoxy) is 2. The monoisotopic (exact) mass is 502 g/mol. The molecular formula is C7HF14KO5S. The molecule has 28 heavy (non-hydrogen) atoms. The van der Waals surface area contributed by atoms with Crippen LogP contribution in [-0.4, -0.2) is 55.0 Å². The molecule has 0 aromatic carbocycles. The predicted molar refractivity (Wildman–Crippen MR) is 47.6 cm³/mol. The van der Waals surface area contributed by atoms with E-state index in [1.54, 1.807) is 4.74 Å². The van der Waals surface area contributed by atoms with Crippen molar-refractivity contribution >= 4 is 10.1 Å². The molecule has 0 aliphatic rings. The van der Waals surface area contributed by atoms with E-state index < -0.39 is 52.2 Å². The standard InChI is InChI=1S/C7H2F14O5S.K/c8-1(2(9,10)11)25-5(16,17)3(12,4(13,14)15)26-6(18,19)7(20,21)27(22,23)24;/h1H,(H,22,23,24);/q;+1/p-1. The molecule has 0 heterocycles. The second-order valence-electron chi connectivity index (χ2n) is 4.18. The topological polar surface area (TPSA) is 75.7 Å². The maximum atomic E-state index is 13.4. The van der Waals surface area contributed by atoms with Gasteiger partial charge in [0.25, 0.3) is 6.36 Å². The fourth-order valence-electron chi connectivity index (χ4n) is 0.936. The Labute approximate surface area is 186 Å². The van der Waals surface area contributed by atoms with Gasteiger partial charge in [0.05, 0.1) is 0 Å². The van der Waals surface area contributed by atoms with Gasteiger partial charge in [-0.3, -0.25) is 9.47 Å². The number of rotatable bonds is 7. The zero-order chi connectivity index (χ0) is 22.5. The number of halogens is 14. The molecule has 0 rings (SSSR count). The van der Waals surface area contributed by atoms with Crippen molar-refractivity contribution < 1.29 is 135 Å². The van der Waals surface area contributed by atoms with Crippen molar-refractivity contribution in [3.8, 4) is 0 Å². The summed E-state index contributed by atoms with van der Waals surface area (Å²) in [6.07, 6.45) is -34.7. The van der Waals surface area contributed by atoms with Gasteiger partial charge < -0.3 is 4.55 Å². The van der Waals surface area contributed by atoms with Crippen LogP contribution in [0, 0.1) is 0 Å². The van der Waals surface area contributed by atoms with Crippen LogP contribution in [0.4, 0.5) is 61.5 Å². The van der Waals surface area contributed by atoms with Crippen molar-refractivity contribution in [1.82, 2.24) is 0 Å². The summed E-state index contributed by atoms with van der Waals surface area (Å²) in [5, 5.41) is -7.34. The molecule has 2 atom stereocenters. The van der Waals surface area contributed by atoms with Gasteiger partial charge >= 0.3 is 87.1 Å². The van der Waals surface area contributed by atoms with Gasteiger partial charge in [0.15, 0.2) is 10.1 Å². The van der Waals surface area contributed by atoms with Crippen molar-refractivity contribution in [3.05, 3.63) is 0 Å². The Morgan fingerprint density at radius 2 is 1.11 bits per heavy atom. The summed E-state index contributed by atoms with van der Waals surface area (Å²) in [6.45, 7) is 0. The minimum absolute atomic E-state index is 0.